The third kappa shape index (κ3) is 3.61. The second-order valence-electron chi connectivity index (χ2n) is 6.92. The van der Waals surface area contributed by atoms with Gasteiger partial charge in [0.05, 0.1) is 29.9 Å². The number of anilines is 1. The predicted molar refractivity (Wildman–Crippen MR) is 105 cm³/mol. The highest BCUT2D eigenvalue weighted by Crippen LogP contribution is 2.31. The fourth-order valence-corrected chi connectivity index (χ4v) is 4.50. The monoisotopic (exact) mass is 413 g/mol. The topological polar surface area (TPSA) is 91.7 Å². The van der Waals surface area contributed by atoms with E-state index in [-0.39, 0.29) is 11.0 Å². The van der Waals surface area contributed by atoms with Gasteiger partial charge in [-0.3, -0.25) is 9.40 Å². The van der Waals surface area contributed by atoms with E-state index in [1.165, 1.54) is 6.20 Å². The normalized spacial score (nSPS) is 17.4. The predicted octanol–water partition coefficient (Wildman–Crippen LogP) is 2.46. The van der Waals surface area contributed by atoms with Crippen molar-refractivity contribution in [2.45, 2.75) is 24.0 Å². The van der Waals surface area contributed by atoms with Crippen molar-refractivity contribution in [3.63, 3.8) is 0 Å². The quantitative estimate of drug-likeness (QED) is 0.691. The SMILES string of the molecule is O=S(=O)(Nc1cnn(C[C@H]2COc3ccccc3O2)c1)c1ccc2c(c1)CCO2. The Morgan fingerprint density at radius 3 is 2.86 bits per heavy atom. The van der Waals surface area contributed by atoms with Crippen molar-refractivity contribution in [1.82, 2.24) is 9.78 Å². The van der Waals surface area contributed by atoms with Crippen molar-refractivity contribution in [2.75, 3.05) is 17.9 Å². The number of benzene rings is 2. The molecule has 29 heavy (non-hydrogen) atoms. The molecule has 0 fully saturated rings. The Bertz CT molecular complexity index is 1160. The van der Waals surface area contributed by atoms with E-state index in [2.05, 4.69) is 9.82 Å². The van der Waals surface area contributed by atoms with Crippen LogP contribution in [0.4, 0.5) is 5.69 Å². The van der Waals surface area contributed by atoms with Gasteiger partial charge in [0.15, 0.2) is 17.6 Å². The van der Waals surface area contributed by atoms with Gasteiger partial charge in [-0.25, -0.2) is 8.42 Å². The molecule has 0 aliphatic carbocycles. The van der Waals surface area contributed by atoms with E-state index < -0.39 is 10.0 Å². The summed E-state index contributed by atoms with van der Waals surface area (Å²) in [6.45, 7) is 1.41. The van der Waals surface area contributed by atoms with E-state index >= 15 is 0 Å². The number of hydrogen-bond donors (Lipinski definition) is 1. The maximum Gasteiger partial charge on any atom is 0.262 e. The highest BCUT2D eigenvalue weighted by Gasteiger charge is 2.23. The summed E-state index contributed by atoms with van der Waals surface area (Å²) in [7, 11) is -3.71. The molecule has 0 saturated heterocycles. The summed E-state index contributed by atoms with van der Waals surface area (Å²) < 4.78 is 46.7. The zero-order valence-corrected chi connectivity index (χ0v) is 16.3. The number of rotatable bonds is 5. The van der Waals surface area contributed by atoms with Gasteiger partial charge in [-0.05, 0) is 35.9 Å². The van der Waals surface area contributed by atoms with E-state index in [0.29, 0.717) is 37.6 Å². The molecule has 1 N–H and O–H groups in total. The molecule has 5 rings (SSSR count). The van der Waals surface area contributed by atoms with Crippen LogP contribution < -0.4 is 18.9 Å². The fourth-order valence-electron chi connectivity index (χ4n) is 3.42. The number of fused-ring (bicyclic) bond motifs is 2. The first-order chi connectivity index (χ1) is 14.1. The number of sulfonamides is 1. The summed E-state index contributed by atoms with van der Waals surface area (Å²) in [5.74, 6) is 2.16. The van der Waals surface area contributed by atoms with Gasteiger partial charge in [-0.1, -0.05) is 12.1 Å². The molecule has 1 atom stereocenters. The van der Waals surface area contributed by atoms with Crippen LogP contribution >= 0.6 is 0 Å². The number of hydrogen-bond acceptors (Lipinski definition) is 6. The van der Waals surface area contributed by atoms with Crippen LogP contribution in [-0.4, -0.2) is 37.5 Å². The molecule has 8 nitrogen and oxygen atoms in total. The van der Waals surface area contributed by atoms with Gasteiger partial charge in [0.1, 0.15) is 12.4 Å². The molecule has 2 aliphatic rings. The standard InChI is InChI=1S/C20H19N3O5S/c24-29(25,17-5-6-18-14(9-17)7-8-26-18)22-15-10-21-23(11-15)12-16-13-27-19-3-1-2-4-20(19)28-16/h1-6,9-11,16,22H,7-8,12-13H2/t16-/m0/s1. The molecule has 3 heterocycles. The Hall–Kier alpha value is -3.20. The van der Waals surface area contributed by atoms with Crippen molar-refractivity contribution >= 4 is 15.7 Å². The van der Waals surface area contributed by atoms with E-state index in [0.717, 1.165) is 17.1 Å². The Morgan fingerprint density at radius 1 is 1.10 bits per heavy atom. The summed E-state index contributed by atoms with van der Waals surface area (Å²) in [4.78, 5) is 0.204. The number of para-hydroxylation sites is 2. The maximum atomic E-state index is 12.7. The van der Waals surface area contributed by atoms with Crippen LogP contribution in [0.15, 0.2) is 59.8 Å². The van der Waals surface area contributed by atoms with E-state index in [9.17, 15) is 8.42 Å². The van der Waals surface area contributed by atoms with Crippen LogP contribution in [0.2, 0.25) is 0 Å². The lowest BCUT2D eigenvalue weighted by Crippen LogP contribution is -2.33. The Balaban J connectivity index is 1.27. The Kier molecular flexibility index (Phi) is 4.31. The largest absolute Gasteiger partial charge is 0.493 e. The number of nitrogens with zero attached hydrogens (tertiary/aromatic N) is 2. The first kappa shape index (κ1) is 17.9. The average molecular weight is 413 g/mol. The average Bonchev–Trinajstić information content (AvgIpc) is 3.36. The minimum Gasteiger partial charge on any atom is -0.493 e. The minimum absolute atomic E-state index is 0.204. The second kappa shape index (κ2) is 7.00. The van der Waals surface area contributed by atoms with Gasteiger partial charge < -0.3 is 14.2 Å². The molecule has 9 heteroatoms. The second-order valence-corrected chi connectivity index (χ2v) is 8.60. The van der Waals surface area contributed by atoms with Gasteiger partial charge in [-0.2, -0.15) is 5.10 Å². The van der Waals surface area contributed by atoms with Gasteiger partial charge >= 0.3 is 0 Å². The van der Waals surface area contributed by atoms with E-state index in [4.69, 9.17) is 14.2 Å². The molecule has 150 valence electrons. The molecule has 2 aromatic carbocycles. The summed E-state index contributed by atoms with van der Waals surface area (Å²) in [5.41, 5.74) is 1.29. The summed E-state index contributed by atoms with van der Waals surface area (Å²) in [6.07, 6.45) is 3.61. The van der Waals surface area contributed by atoms with Crippen molar-refractivity contribution in [3.05, 3.63) is 60.4 Å². The number of ether oxygens (including phenoxy) is 3. The van der Waals surface area contributed by atoms with E-state index in [1.54, 1.807) is 29.1 Å². The molecule has 0 amide bonds. The lowest BCUT2D eigenvalue weighted by atomic mass is 10.2. The smallest absolute Gasteiger partial charge is 0.262 e. The first-order valence-electron chi connectivity index (χ1n) is 9.26. The van der Waals surface area contributed by atoms with Crippen LogP contribution in [-0.2, 0) is 23.0 Å². The van der Waals surface area contributed by atoms with Gasteiger partial charge in [-0.15, -0.1) is 0 Å². The maximum absolute atomic E-state index is 12.7. The molecule has 0 saturated carbocycles. The van der Waals surface area contributed by atoms with Crippen LogP contribution in [0, 0.1) is 0 Å². The van der Waals surface area contributed by atoms with Gasteiger partial charge in [0.25, 0.3) is 10.0 Å². The van der Waals surface area contributed by atoms with Gasteiger partial charge in [0.2, 0.25) is 0 Å². The zero-order chi connectivity index (χ0) is 19.8. The van der Waals surface area contributed by atoms with Crippen molar-refractivity contribution in [2.24, 2.45) is 0 Å². The summed E-state index contributed by atoms with van der Waals surface area (Å²) in [6, 6.07) is 12.4. The molecule has 0 bridgehead atoms. The number of nitrogens with one attached hydrogen (secondary N) is 1. The molecule has 2 aliphatic heterocycles. The summed E-state index contributed by atoms with van der Waals surface area (Å²) in [5, 5.41) is 4.24. The molecule has 0 spiro atoms. The number of aromatic nitrogens is 2. The van der Waals surface area contributed by atoms with Crippen molar-refractivity contribution in [1.29, 1.82) is 0 Å². The zero-order valence-electron chi connectivity index (χ0n) is 15.4. The Labute approximate surface area is 168 Å². The lowest BCUT2D eigenvalue weighted by Gasteiger charge is -2.26. The molecule has 1 aromatic heterocycles. The molecular weight excluding hydrogens is 394 g/mol. The van der Waals surface area contributed by atoms with Crippen LogP contribution in [0.25, 0.3) is 0 Å². The highest BCUT2D eigenvalue weighted by molar-refractivity contribution is 7.92. The molecular formula is C20H19N3O5S. The molecule has 0 unspecified atom stereocenters. The minimum atomic E-state index is -3.71. The van der Waals surface area contributed by atoms with Crippen LogP contribution in [0.3, 0.4) is 0 Å². The fraction of sp³-hybridized carbons (Fsp3) is 0.250. The van der Waals surface area contributed by atoms with Crippen LogP contribution in [0.1, 0.15) is 5.56 Å². The first-order valence-corrected chi connectivity index (χ1v) is 10.7. The van der Waals surface area contributed by atoms with Crippen LogP contribution in [0.5, 0.6) is 17.2 Å². The Morgan fingerprint density at radius 2 is 1.97 bits per heavy atom. The van der Waals surface area contributed by atoms with Crippen molar-refractivity contribution in [3.8, 4) is 17.2 Å². The molecule has 0 radical (unpaired) electrons. The highest BCUT2D eigenvalue weighted by atomic mass is 32.2. The third-order valence-electron chi connectivity index (χ3n) is 4.81. The van der Waals surface area contributed by atoms with E-state index in [1.807, 2.05) is 24.3 Å². The van der Waals surface area contributed by atoms with Crippen molar-refractivity contribution < 1.29 is 22.6 Å². The van der Waals surface area contributed by atoms with Gasteiger partial charge in [0, 0.05) is 12.6 Å². The summed E-state index contributed by atoms with van der Waals surface area (Å²) >= 11 is 0. The molecule has 3 aromatic rings. The lowest BCUT2D eigenvalue weighted by molar-refractivity contribution is 0.0759. The third-order valence-corrected chi connectivity index (χ3v) is 6.19.